The van der Waals surface area contributed by atoms with Crippen LogP contribution in [0.3, 0.4) is 0 Å². The van der Waals surface area contributed by atoms with E-state index in [4.69, 9.17) is 4.74 Å². The smallest absolute Gasteiger partial charge is 0.120 e. The Morgan fingerprint density at radius 1 is 0.893 bits per heavy atom. The van der Waals surface area contributed by atoms with Crippen LogP contribution in [-0.4, -0.2) is 42.4 Å². The van der Waals surface area contributed by atoms with E-state index in [9.17, 15) is 5.11 Å². The molecule has 0 radical (unpaired) electrons. The molecule has 1 atom stereocenters. The Kier molecular flexibility index (Phi) is 6.25. The van der Waals surface area contributed by atoms with Crippen LogP contribution in [0.1, 0.15) is 18.4 Å². The number of piperidine rings is 1. The minimum atomic E-state index is -0.461. The fourth-order valence-electron chi connectivity index (χ4n) is 4.12. The lowest BCUT2D eigenvalue weighted by Crippen LogP contribution is -2.41. The van der Waals surface area contributed by atoms with Crippen LogP contribution in [-0.2, 0) is 6.42 Å². The second kappa shape index (κ2) is 9.22. The van der Waals surface area contributed by atoms with Crippen LogP contribution >= 0.6 is 0 Å². The average molecular weight is 376 g/mol. The molecule has 0 amide bonds. The molecule has 3 aromatic carbocycles. The number of benzene rings is 3. The zero-order chi connectivity index (χ0) is 19.2. The molecule has 0 aliphatic carbocycles. The highest BCUT2D eigenvalue weighted by atomic mass is 16.5. The van der Waals surface area contributed by atoms with Gasteiger partial charge >= 0.3 is 0 Å². The molecule has 1 N–H and O–H groups in total. The second-order valence-electron chi connectivity index (χ2n) is 7.91. The summed E-state index contributed by atoms with van der Waals surface area (Å²) in [6.07, 6.45) is 3.11. The van der Waals surface area contributed by atoms with Crippen molar-refractivity contribution in [3.05, 3.63) is 78.4 Å². The molecule has 0 spiro atoms. The van der Waals surface area contributed by atoms with Crippen molar-refractivity contribution in [2.75, 3.05) is 26.2 Å². The Labute approximate surface area is 167 Å². The summed E-state index contributed by atoms with van der Waals surface area (Å²) in [5.41, 5.74) is 1.43. The van der Waals surface area contributed by atoms with Gasteiger partial charge in [-0.2, -0.15) is 0 Å². The molecule has 1 fully saturated rings. The molecule has 4 rings (SSSR count). The highest BCUT2D eigenvalue weighted by Crippen LogP contribution is 2.23. The molecule has 0 aromatic heterocycles. The van der Waals surface area contributed by atoms with E-state index >= 15 is 0 Å². The molecule has 1 heterocycles. The fraction of sp³-hybridized carbons (Fsp3) is 0.360. The number of fused-ring (bicyclic) bond motifs is 1. The summed E-state index contributed by atoms with van der Waals surface area (Å²) in [4.78, 5) is 2.37. The molecular weight excluding hydrogens is 346 g/mol. The topological polar surface area (TPSA) is 32.7 Å². The SMILES string of the molecule is OC(COc1ccc2ccccc2c1)CN1CCC(Cc2ccccc2)CC1. The van der Waals surface area contributed by atoms with Crippen molar-refractivity contribution >= 4 is 10.8 Å². The van der Waals surface area contributed by atoms with Gasteiger partial charge in [0, 0.05) is 6.54 Å². The van der Waals surface area contributed by atoms with Crippen LogP contribution in [0.25, 0.3) is 10.8 Å². The minimum absolute atomic E-state index is 0.336. The second-order valence-corrected chi connectivity index (χ2v) is 7.91. The third kappa shape index (κ3) is 5.12. The van der Waals surface area contributed by atoms with Gasteiger partial charge in [0.15, 0.2) is 0 Å². The third-order valence-corrected chi connectivity index (χ3v) is 5.71. The zero-order valence-corrected chi connectivity index (χ0v) is 16.3. The van der Waals surface area contributed by atoms with Crippen molar-refractivity contribution in [1.82, 2.24) is 4.90 Å². The number of hydrogen-bond donors (Lipinski definition) is 1. The maximum absolute atomic E-state index is 10.4. The summed E-state index contributed by atoms with van der Waals surface area (Å²) in [5, 5.41) is 12.8. The maximum Gasteiger partial charge on any atom is 0.120 e. The van der Waals surface area contributed by atoms with Crippen LogP contribution in [0.5, 0.6) is 5.75 Å². The van der Waals surface area contributed by atoms with Crippen LogP contribution < -0.4 is 4.74 Å². The van der Waals surface area contributed by atoms with E-state index in [2.05, 4.69) is 53.4 Å². The number of nitrogens with zero attached hydrogens (tertiary/aromatic N) is 1. The van der Waals surface area contributed by atoms with Gasteiger partial charge in [-0.15, -0.1) is 0 Å². The first-order chi connectivity index (χ1) is 13.8. The Morgan fingerprint density at radius 3 is 2.39 bits per heavy atom. The minimum Gasteiger partial charge on any atom is -0.491 e. The van der Waals surface area contributed by atoms with Crippen molar-refractivity contribution in [3.8, 4) is 5.75 Å². The summed E-state index contributed by atoms with van der Waals surface area (Å²) >= 11 is 0. The van der Waals surface area contributed by atoms with Gasteiger partial charge in [-0.3, -0.25) is 0 Å². The van der Waals surface area contributed by atoms with Crippen LogP contribution in [0.15, 0.2) is 72.8 Å². The Hall–Kier alpha value is -2.36. The van der Waals surface area contributed by atoms with Crippen LogP contribution in [0.2, 0.25) is 0 Å². The van der Waals surface area contributed by atoms with Gasteiger partial charge in [0.05, 0.1) is 0 Å². The third-order valence-electron chi connectivity index (χ3n) is 5.71. The molecule has 1 saturated heterocycles. The van der Waals surface area contributed by atoms with E-state index in [0.717, 1.165) is 30.1 Å². The van der Waals surface area contributed by atoms with Crippen molar-refractivity contribution in [3.63, 3.8) is 0 Å². The first-order valence-electron chi connectivity index (χ1n) is 10.3. The molecule has 3 heteroatoms. The van der Waals surface area contributed by atoms with Crippen molar-refractivity contribution in [1.29, 1.82) is 0 Å². The monoisotopic (exact) mass is 375 g/mol. The van der Waals surface area contributed by atoms with E-state index in [1.807, 2.05) is 24.3 Å². The summed E-state index contributed by atoms with van der Waals surface area (Å²) in [5.74, 6) is 1.57. The summed E-state index contributed by atoms with van der Waals surface area (Å²) < 4.78 is 5.84. The predicted molar refractivity (Wildman–Crippen MR) is 115 cm³/mol. The summed E-state index contributed by atoms with van der Waals surface area (Å²) in [6, 6.07) is 25.1. The number of rotatable bonds is 7. The Morgan fingerprint density at radius 2 is 1.61 bits per heavy atom. The Bertz CT molecular complexity index is 872. The van der Waals surface area contributed by atoms with E-state index in [1.54, 1.807) is 0 Å². The molecule has 3 nitrogen and oxygen atoms in total. The maximum atomic E-state index is 10.4. The number of aliphatic hydroxyl groups excluding tert-OH is 1. The molecule has 1 unspecified atom stereocenters. The standard InChI is InChI=1S/C25H29NO2/c27-24(19-28-25-11-10-22-8-4-5-9-23(22)17-25)18-26-14-12-21(13-15-26)16-20-6-2-1-3-7-20/h1-11,17,21,24,27H,12-16,18-19H2. The molecule has 0 saturated carbocycles. The van der Waals surface area contributed by atoms with Gasteiger partial charge in [-0.25, -0.2) is 0 Å². The van der Waals surface area contributed by atoms with E-state index in [0.29, 0.717) is 13.2 Å². The lowest BCUT2D eigenvalue weighted by molar-refractivity contribution is 0.0551. The first-order valence-corrected chi connectivity index (χ1v) is 10.3. The van der Waals surface area contributed by atoms with Crippen LogP contribution in [0.4, 0.5) is 0 Å². The van der Waals surface area contributed by atoms with Crippen molar-refractivity contribution < 1.29 is 9.84 Å². The predicted octanol–water partition coefficient (Wildman–Crippen LogP) is 4.53. The van der Waals surface area contributed by atoms with Gasteiger partial charge < -0.3 is 14.7 Å². The van der Waals surface area contributed by atoms with Crippen molar-refractivity contribution in [2.45, 2.75) is 25.4 Å². The molecule has 1 aliphatic rings. The van der Waals surface area contributed by atoms with Gasteiger partial charge in [0.1, 0.15) is 18.5 Å². The Balaban J connectivity index is 1.20. The van der Waals surface area contributed by atoms with Gasteiger partial charge in [0.2, 0.25) is 0 Å². The normalized spacial score (nSPS) is 16.9. The van der Waals surface area contributed by atoms with Crippen molar-refractivity contribution in [2.24, 2.45) is 5.92 Å². The highest BCUT2D eigenvalue weighted by Gasteiger charge is 2.21. The quantitative estimate of drug-likeness (QED) is 0.658. The highest BCUT2D eigenvalue weighted by molar-refractivity contribution is 5.83. The lowest BCUT2D eigenvalue weighted by Gasteiger charge is -2.33. The molecule has 28 heavy (non-hydrogen) atoms. The zero-order valence-electron chi connectivity index (χ0n) is 16.3. The fourth-order valence-corrected chi connectivity index (χ4v) is 4.12. The molecule has 3 aromatic rings. The molecule has 146 valence electrons. The number of ether oxygens (including phenoxy) is 1. The first kappa shape index (κ1) is 19.0. The van der Waals surface area contributed by atoms with E-state index in [-0.39, 0.29) is 0 Å². The number of aliphatic hydroxyl groups is 1. The summed E-state index contributed by atoms with van der Waals surface area (Å²) in [6.45, 7) is 3.14. The van der Waals surface area contributed by atoms with E-state index < -0.39 is 6.10 Å². The van der Waals surface area contributed by atoms with Gasteiger partial charge in [-0.1, -0.05) is 60.7 Å². The number of β-amino-alcohol motifs (C(OH)–C–C–N with tert-alkyl or cyclic N) is 1. The van der Waals surface area contributed by atoms with Gasteiger partial charge in [0.25, 0.3) is 0 Å². The largest absolute Gasteiger partial charge is 0.491 e. The van der Waals surface area contributed by atoms with Crippen LogP contribution in [0, 0.1) is 5.92 Å². The van der Waals surface area contributed by atoms with E-state index in [1.165, 1.54) is 30.2 Å². The average Bonchev–Trinajstić information content (AvgIpc) is 2.74. The molecule has 1 aliphatic heterocycles. The lowest BCUT2D eigenvalue weighted by atomic mass is 9.90. The molecular formula is C25H29NO2. The summed E-state index contributed by atoms with van der Waals surface area (Å²) in [7, 11) is 0. The molecule has 0 bridgehead atoms. The number of hydrogen-bond acceptors (Lipinski definition) is 3. The van der Waals surface area contributed by atoms with Gasteiger partial charge in [-0.05, 0) is 66.7 Å². The number of likely N-dealkylation sites (tertiary alicyclic amines) is 1.